The smallest absolute Gasteiger partial charge is 0.255 e. The molecule has 0 saturated heterocycles. The van der Waals surface area contributed by atoms with Crippen LogP contribution in [0, 0.1) is 0 Å². The van der Waals surface area contributed by atoms with Crippen LogP contribution in [-0.2, 0) is 10.0 Å². The molecule has 0 spiro atoms. The van der Waals surface area contributed by atoms with Crippen molar-refractivity contribution in [3.63, 3.8) is 0 Å². The maximum absolute atomic E-state index is 12.5. The molecule has 0 aliphatic rings. The molecular weight excluding hydrogens is 344 g/mol. The van der Waals surface area contributed by atoms with E-state index in [2.05, 4.69) is 5.32 Å². The van der Waals surface area contributed by atoms with Crippen LogP contribution in [0.2, 0.25) is 0 Å². The van der Waals surface area contributed by atoms with Crippen LogP contribution in [-0.4, -0.2) is 46.9 Å². The molecule has 2 aromatic rings. The van der Waals surface area contributed by atoms with Crippen LogP contribution >= 0.6 is 0 Å². The number of anilines is 1. The zero-order chi connectivity index (χ0) is 18.6. The van der Waals surface area contributed by atoms with Gasteiger partial charge in [-0.05, 0) is 36.4 Å². The topological polar surface area (TPSA) is 84.9 Å². The molecule has 0 heterocycles. The molecule has 1 N–H and O–H groups in total. The summed E-state index contributed by atoms with van der Waals surface area (Å²) in [7, 11) is 2.20. The highest BCUT2D eigenvalue weighted by Crippen LogP contribution is 2.29. The van der Waals surface area contributed by atoms with E-state index >= 15 is 0 Å². The second-order valence-electron chi connectivity index (χ2n) is 5.34. The maximum atomic E-state index is 12.5. The third-order valence-corrected chi connectivity index (χ3v) is 5.34. The number of amides is 1. The van der Waals surface area contributed by atoms with Gasteiger partial charge in [-0.25, -0.2) is 12.7 Å². The van der Waals surface area contributed by atoms with Crippen molar-refractivity contribution in [2.45, 2.75) is 4.90 Å². The summed E-state index contributed by atoms with van der Waals surface area (Å²) in [6.45, 7) is 0. The van der Waals surface area contributed by atoms with E-state index in [0.717, 1.165) is 4.31 Å². The SMILES string of the molecule is COc1cccc(C(=O)Nc2cc(S(=O)(=O)N(C)C)ccc2OC)c1. The standard InChI is InChI=1S/C17H20N2O5S/c1-19(2)25(21,22)14-8-9-16(24-4)15(11-14)18-17(20)12-6-5-7-13(10-12)23-3/h5-11H,1-4H3,(H,18,20). The lowest BCUT2D eigenvalue weighted by Gasteiger charge is -2.15. The van der Waals surface area contributed by atoms with E-state index in [9.17, 15) is 13.2 Å². The number of rotatable bonds is 6. The van der Waals surface area contributed by atoms with Crippen LogP contribution in [0.15, 0.2) is 47.4 Å². The van der Waals surface area contributed by atoms with Gasteiger partial charge in [-0.3, -0.25) is 4.79 Å². The molecule has 25 heavy (non-hydrogen) atoms. The molecule has 0 aliphatic carbocycles. The average molecular weight is 364 g/mol. The lowest BCUT2D eigenvalue weighted by molar-refractivity contribution is 0.102. The predicted octanol–water partition coefficient (Wildman–Crippen LogP) is 2.21. The minimum Gasteiger partial charge on any atom is -0.497 e. The van der Waals surface area contributed by atoms with Gasteiger partial charge in [-0.15, -0.1) is 0 Å². The van der Waals surface area contributed by atoms with E-state index in [4.69, 9.17) is 9.47 Å². The highest BCUT2D eigenvalue weighted by Gasteiger charge is 2.20. The van der Waals surface area contributed by atoms with Gasteiger partial charge in [-0.1, -0.05) is 6.07 Å². The normalized spacial score (nSPS) is 11.2. The Bertz CT molecular complexity index is 878. The Morgan fingerprint density at radius 1 is 1.04 bits per heavy atom. The molecule has 7 nitrogen and oxygen atoms in total. The number of hydrogen-bond acceptors (Lipinski definition) is 5. The van der Waals surface area contributed by atoms with E-state index in [0.29, 0.717) is 17.1 Å². The number of nitrogens with one attached hydrogen (secondary N) is 1. The largest absolute Gasteiger partial charge is 0.497 e. The number of benzene rings is 2. The summed E-state index contributed by atoms with van der Waals surface area (Å²) in [5, 5.41) is 2.68. The van der Waals surface area contributed by atoms with Crippen LogP contribution in [0.1, 0.15) is 10.4 Å². The van der Waals surface area contributed by atoms with Crippen molar-refractivity contribution in [2.24, 2.45) is 0 Å². The number of hydrogen-bond donors (Lipinski definition) is 1. The summed E-state index contributed by atoms with van der Waals surface area (Å²) >= 11 is 0. The van der Waals surface area contributed by atoms with Crippen molar-refractivity contribution in [1.29, 1.82) is 0 Å². The predicted molar refractivity (Wildman–Crippen MR) is 94.8 cm³/mol. The monoisotopic (exact) mass is 364 g/mol. The molecule has 0 aromatic heterocycles. The molecule has 0 aliphatic heterocycles. The summed E-state index contributed by atoms with van der Waals surface area (Å²) in [4.78, 5) is 12.5. The second kappa shape index (κ2) is 7.54. The minimum atomic E-state index is -3.63. The summed E-state index contributed by atoms with van der Waals surface area (Å²) in [6, 6.07) is 10.9. The van der Waals surface area contributed by atoms with Gasteiger partial charge in [-0.2, -0.15) is 0 Å². The van der Waals surface area contributed by atoms with Gasteiger partial charge in [0.25, 0.3) is 5.91 Å². The molecule has 134 valence electrons. The Morgan fingerprint density at radius 2 is 1.76 bits per heavy atom. The van der Waals surface area contributed by atoms with E-state index < -0.39 is 15.9 Å². The minimum absolute atomic E-state index is 0.0549. The Labute approximate surface area is 147 Å². The van der Waals surface area contributed by atoms with Crippen LogP contribution in [0.3, 0.4) is 0 Å². The number of methoxy groups -OCH3 is 2. The molecule has 0 fully saturated rings. The van der Waals surface area contributed by atoms with Crippen molar-refractivity contribution >= 4 is 21.6 Å². The van der Waals surface area contributed by atoms with Crippen molar-refractivity contribution in [3.8, 4) is 11.5 Å². The summed E-state index contributed by atoms with van der Waals surface area (Å²) in [5.74, 6) is 0.495. The average Bonchev–Trinajstić information content (AvgIpc) is 2.61. The summed E-state index contributed by atoms with van der Waals surface area (Å²) in [5.41, 5.74) is 0.639. The van der Waals surface area contributed by atoms with Crippen LogP contribution in [0.25, 0.3) is 0 Å². The van der Waals surface area contributed by atoms with Crippen LogP contribution < -0.4 is 14.8 Å². The summed E-state index contributed by atoms with van der Waals surface area (Å²) < 4.78 is 36.0. The van der Waals surface area contributed by atoms with Crippen molar-refractivity contribution < 1.29 is 22.7 Å². The lowest BCUT2D eigenvalue weighted by Crippen LogP contribution is -2.22. The molecule has 1 amide bonds. The molecule has 0 atom stereocenters. The Kier molecular flexibility index (Phi) is 5.66. The molecular formula is C17H20N2O5S. The van der Waals surface area contributed by atoms with Gasteiger partial charge in [0, 0.05) is 19.7 Å². The lowest BCUT2D eigenvalue weighted by atomic mass is 10.2. The van der Waals surface area contributed by atoms with E-state index in [-0.39, 0.29) is 10.6 Å². The first-order valence-electron chi connectivity index (χ1n) is 7.35. The number of nitrogens with zero attached hydrogens (tertiary/aromatic N) is 1. The summed E-state index contributed by atoms with van der Waals surface area (Å²) in [6.07, 6.45) is 0. The fraction of sp³-hybridized carbons (Fsp3) is 0.235. The van der Waals surface area contributed by atoms with Crippen molar-refractivity contribution in [1.82, 2.24) is 4.31 Å². The number of carbonyl (C=O) groups excluding carboxylic acids is 1. The Balaban J connectivity index is 2.38. The number of sulfonamides is 1. The fourth-order valence-electron chi connectivity index (χ4n) is 2.11. The van der Waals surface area contributed by atoms with Gasteiger partial charge in [0.05, 0.1) is 24.8 Å². The first-order valence-corrected chi connectivity index (χ1v) is 8.79. The van der Waals surface area contributed by atoms with Crippen LogP contribution in [0.5, 0.6) is 11.5 Å². The highest BCUT2D eigenvalue weighted by molar-refractivity contribution is 7.89. The third kappa shape index (κ3) is 4.09. The zero-order valence-electron chi connectivity index (χ0n) is 14.4. The number of ether oxygens (including phenoxy) is 2. The number of carbonyl (C=O) groups is 1. The molecule has 2 rings (SSSR count). The second-order valence-corrected chi connectivity index (χ2v) is 7.49. The van der Waals surface area contributed by atoms with E-state index in [1.807, 2.05) is 0 Å². The van der Waals surface area contributed by atoms with Gasteiger partial charge in [0.15, 0.2) is 0 Å². The molecule has 8 heteroatoms. The zero-order valence-corrected chi connectivity index (χ0v) is 15.3. The van der Waals surface area contributed by atoms with Gasteiger partial charge >= 0.3 is 0 Å². The quantitative estimate of drug-likeness (QED) is 0.849. The highest BCUT2D eigenvalue weighted by atomic mass is 32.2. The van der Waals surface area contributed by atoms with Gasteiger partial charge in [0.2, 0.25) is 10.0 Å². The molecule has 0 bridgehead atoms. The first-order chi connectivity index (χ1) is 11.8. The third-order valence-electron chi connectivity index (χ3n) is 3.53. The van der Waals surface area contributed by atoms with Gasteiger partial charge < -0.3 is 14.8 Å². The maximum Gasteiger partial charge on any atom is 0.255 e. The van der Waals surface area contributed by atoms with E-state index in [1.54, 1.807) is 24.3 Å². The Morgan fingerprint density at radius 3 is 2.36 bits per heavy atom. The van der Waals surface area contributed by atoms with Gasteiger partial charge in [0.1, 0.15) is 11.5 Å². The van der Waals surface area contributed by atoms with Crippen molar-refractivity contribution in [3.05, 3.63) is 48.0 Å². The molecule has 0 unspecified atom stereocenters. The Hall–Kier alpha value is -2.58. The van der Waals surface area contributed by atoms with E-state index in [1.165, 1.54) is 46.5 Å². The molecule has 2 aromatic carbocycles. The molecule has 0 saturated carbocycles. The first kappa shape index (κ1) is 18.8. The van der Waals surface area contributed by atoms with Crippen LogP contribution in [0.4, 0.5) is 5.69 Å². The fourth-order valence-corrected chi connectivity index (χ4v) is 3.04. The molecule has 0 radical (unpaired) electrons. The van der Waals surface area contributed by atoms with Crippen molar-refractivity contribution in [2.75, 3.05) is 33.6 Å².